The first-order chi connectivity index (χ1) is 15.2. The van der Waals surface area contributed by atoms with E-state index in [1.807, 2.05) is 6.07 Å². The number of fused-ring (bicyclic) bond motifs is 1. The van der Waals surface area contributed by atoms with E-state index >= 15 is 0 Å². The van der Waals surface area contributed by atoms with Crippen LogP contribution >= 0.6 is 0 Å². The number of aromatic nitrogens is 2. The van der Waals surface area contributed by atoms with Gasteiger partial charge in [0.25, 0.3) is 0 Å². The summed E-state index contributed by atoms with van der Waals surface area (Å²) < 4.78 is 72.4. The molecular formula is C21H23F3N4O3S. The van der Waals surface area contributed by atoms with Gasteiger partial charge in [0.2, 0.25) is 10.0 Å². The number of ether oxygens (including phenoxy) is 1. The van der Waals surface area contributed by atoms with Gasteiger partial charge in [0.05, 0.1) is 16.2 Å². The van der Waals surface area contributed by atoms with Crippen molar-refractivity contribution in [1.82, 2.24) is 19.2 Å². The minimum atomic E-state index is -4.60. The Morgan fingerprint density at radius 3 is 2.66 bits per heavy atom. The molecular weight excluding hydrogens is 445 g/mol. The summed E-state index contributed by atoms with van der Waals surface area (Å²) in [7, 11) is -4.03. The van der Waals surface area contributed by atoms with Gasteiger partial charge in [0.15, 0.2) is 0 Å². The number of hydrogen-bond donors (Lipinski definition) is 0. The zero-order valence-electron chi connectivity index (χ0n) is 17.2. The predicted octanol–water partition coefficient (Wildman–Crippen LogP) is 2.90. The van der Waals surface area contributed by atoms with E-state index in [4.69, 9.17) is 4.74 Å². The van der Waals surface area contributed by atoms with E-state index in [0.29, 0.717) is 37.5 Å². The number of piperazine rings is 1. The smallest absolute Gasteiger partial charge is 0.416 e. The first-order valence-electron chi connectivity index (χ1n) is 10.6. The summed E-state index contributed by atoms with van der Waals surface area (Å²) in [5, 5.41) is 0. The number of alkyl halides is 3. The molecule has 172 valence electrons. The summed E-state index contributed by atoms with van der Waals surface area (Å²) in [5.41, 5.74) is 0.0176. The molecule has 0 amide bonds. The molecule has 1 aliphatic carbocycles. The molecule has 1 aromatic heterocycles. The van der Waals surface area contributed by atoms with E-state index in [1.54, 1.807) is 6.20 Å². The highest BCUT2D eigenvalue weighted by Gasteiger charge is 2.41. The lowest BCUT2D eigenvalue weighted by Crippen LogP contribution is -2.51. The average Bonchev–Trinajstić information content (AvgIpc) is 3.53. The van der Waals surface area contributed by atoms with Gasteiger partial charge < -0.3 is 4.74 Å². The van der Waals surface area contributed by atoms with Gasteiger partial charge >= 0.3 is 12.2 Å². The Balaban J connectivity index is 1.26. The van der Waals surface area contributed by atoms with Crippen LogP contribution in [-0.2, 0) is 16.2 Å². The Morgan fingerprint density at radius 1 is 1.09 bits per heavy atom. The van der Waals surface area contributed by atoms with Gasteiger partial charge in [0.1, 0.15) is 6.10 Å². The van der Waals surface area contributed by atoms with Crippen molar-refractivity contribution < 1.29 is 26.3 Å². The fraction of sp³-hybridized carbons (Fsp3) is 0.524. The monoisotopic (exact) mass is 468 g/mol. The zero-order valence-corrected chi connectivity index (χ0v) is 18.0. The summed E-state index contributed by atoms with van der Waals surface area (Å²) in [5.74, 6) is 0.491. The Morgan fingerprint density at radius 2 is 1.91 bits per heavy atom. The first-order valence-corrected chi connectivity index (χ1v) is 12.1. The van der Waals surface area contributed by atoms with Crippen LogP contribution in [0.2, 0.25) is 0 Å². The fourth-order valence-corrected chi connectivity index (χ4v) is 5.93. The second-order valence-electron chi connectivity index (χ2n) is 8.55. The second kappa shape index (κ2) is 7.96. The molecule has 3 heterocycles. The predicted molar refractivity (Wildman–Crippen MR) is 109 cm³/mol. The molecule has 0 bridgehead atoms. The summed E-state index contributed by atoms with van der Waals surface area (Å²) in [6, 6.07) is 6.08. The largest absolute Gasteiger partial charge is 0.459 e. The Labute approximate surface area is 184 Å². The summed E-state index contributed by atoms with van der Waals surface area (Å²) in [6.45, 7) is 1.56. The molecule has 3 fully saturated rings. The van der Waals surface area contributed by atoms with Crippen molar-refractivity contribution in [3.8, 4) is 6.01 Å². The normalized spacial score (nSPS) is 25.0. The Hall–Kier alpha value is -2.24. The first kappa shape index (κ1) is 21.6. The molecule has 2 aromatic rings. The highest BCUT2D eigenvalue weighted by atomic mass is 32.2. The molecule has 2 saturated heterocycles. The molecule has 0 spiro atoms. The van der Waals surface area contributed by atoms with Crippen molar-refractivity contribution in [3.05, 3.63) is 47.8 Å². The van der Waals surface area contributed by atoms with Crippen molar-refractivity contribution in [3.63, 3.8) is 0 Å². The zero-order chi connectivity index (χ0) is 22.5. The van der Waals surface area contributed by atoms with Crippen molar-refractivity contribution in [2.45, 2.75) is 48.4 Å². The van der Waals surface area contributed by atoms with Crippen LogP contribution in [0, 0.1) is 0 Å². The molecule has 7 nitrogen and oxygen atoms in total. The highest BCUT2D eigenvalue weighted by molar-refractivity contribution is 7.89. The van der Waals surface area contributed by atoms with Gasteiger partial charge in [-0.2, -0.15) is 22.5 Å². The van der Waals surface area contributed by atoms with Crippen LogP contribution in [0.4, 0.5) is 13.2 Å². The van der Waals surface area contributed by atoms with Gasteiger partial charge in [-0.3, -0.25) is 4.90 Å². The third-order valence-electron chi connectivity index (χ3n) is 6.26. The molecule has 11 heteroatoms. The maximum absolute atomic E-state index is 13.0. The van der Waals surface area contributed by atoms with Crippen LogP contribution in [0.25, 0.3) is 0 Å². The summed E-state index contributed by atoms with van der Waals surface area (Å²) >= 11 is 0. The minimum Gasteiger partial charge on any atom is -0.459 e. The Kier molecular flexibility index (Phi) is 5.37. The van der Waals surface area contributed by atoms with Crippen molar-refractivity contribution >= 4 is 10.0 Å². The van der Waals surface area contributed by atoms with E-state index in [9.17, 15) is 21.6 Å². The van der Waals surface area contributed by atoms with E-state index in [-0.39, 0.29) is 30.1 Å². The molecule has 2 aliphatic heterocycles. The van der Waals surface area contributed by atoms with Crippen molar-refractivity contribution in [2.75, 3.05) is 26.2 Å². The number of sulfonamides is 1. The number of hydrogen-bond acceptors (Lipinski definition) is 6. The van der Waals surface area contributed by atoms with Gasteiger partial charge in [-0.05, 0) is 37.1 Å². The van der Waals surface area contributed by atoms with Crippen LogP contribution in [0.3, 0.4) is 0 Å². The maximum atomic E-state index is 13.0. The van der Waals surface area contributed by atoms with Crippen LogP contribution in [0.15, 0.2) is 41.4 Å². The molecule has 1 aromatic carbocycles. The van der Waals surface area contributed by atoms with Crippen LogP contribution < -0.4 is 4.74 Å². The maximum Gasteiger partial charge on any atom is 0.416 e. The van der Waals surface area contributed by atoms with Crippen molar-refractivity contribution in [1.29, 1.82) is 0 Å². The van der Waals surface area contributed by atoms with Crippen LogP contribution in [0.5, 0.6) is 6.01 Å². The standard InChI is InChI=1S/C21H23F3N4O3S/c22-21(23,24)15-2-1-3-18(10-15)32(29,30)28-9-8-27-13-17(11-16(27)12-28)31-20-25-7-6-19(26-20)14-4-5-14/h1-3,6-7,10,14,16-17H,4-5,8-9,11-13H2/t16-,17-/m0/s1. The van der Waals surface area contributed by atoms with E-state index in [1.165, 1.54) is 10.4 Å². The van der Waals surface area contributed by atoms with Gasteiger partial charge in [-0.25, -0.2) is 13.4 Å². The molecule has 2 atom stereocenters. The quantitative estimate of drug-likeness (QED) is 0.672. The molecule has 0 unspecified atom stereocenters. The molecule has 0 radical (unpaired) electrons. The topological polar surface area (TPSA) is 75.6 Å². The third kappa shape index (κ3) is 4.33. The van der Waals surface area contributed by atoms with Gasteiger partial charge in [0, 0.05) is 50.8 Å². The number of nitrogens with zero attached hydrogens (tertiary/aromatic N) is 4. The van der Waals surface area contributed by atoms with E-state index in [0.717, 1.165) is 30.7 Å². The SMILES string of the molecule is O=S(=O)(c1cccc(C(F)(F)F)c1)N1CCN2C[C@@H](Oc3nccc(C4CC4)n3)C[C@H]2C1. The molecule has 0 N–H and O–H groups in total. The fourth-order valence-electron chi connectivity index (χ4n) is 4.42. The lowest BCUT2D eigenvalue weighted by molar-refractivity contribution is -0.137. The van der Waals surface area contributed by atoms with Crippen molar-refractivity contribution in [2.24, 2.45) is 0 Å². The third-order valence-corrected chi connectivity index (χ3v) is 8.12. The lowest BCUT2D eigenvalue weighted by Gasteiger charge is -2.36. The van der Waals surface area contributed by atoms with Gasteiger partial charge in [-0.1, -0.05) is 6.07 Å². The number of benzene rings is 1. The average molecular weight is 469 g/mol. The summed E-state index contributed by atoms with van der Waals surface area (Å²) in [6.07, 6.45) is -0.199. The highest BCUT2D eigenvalue weighted by Crippen LogP contribution is 2.39. The number of halogens is 3. The van der Waals surface area contributed by atoms with E-state index < -0.39 is 21.8 Å². The molecule has 32 heavy (non-hydrogen) atoms. The number of rotatable bonds is 5. The minimum absolute atomic E-state index is 0.0686. The van der Waals surface area contributed by atoms with E-state index in [2.05, 4.69) is 14.9 Å². The Bertz CT molecular complexity index is 1110. The molecule has 3 aliphatic rings. The summed E-state index contributed by atoms with van der Waals surface area (Å²) in [4.78, 5) is 10.5. The molecule has 5 rings (SSSR count). The molecule has 1 saturated carbocycles. The second-order valence-corrected chi connectivity index (χ2v) is 10.5. The van der Waals surface area contributed by atoms with Gasteiger partial charge in [-0.15, -0.1) is 0 Å². The van der Waals surface area contributed by atoms with Crippen LogP contribution in [0.1, 0.15) is 36.4 Å². The lowest BCUT2D eigenvalue weighted by atomic mass is 10.2. The van der Waals surface area contributed by atoms with Crippen LogP contribution in [-0.4, -0.2) is 65.9 Å².